The number of aromatic nitrogens is 5. The van der Waals surface area contributed by atoms with Crippen LogP contribution in [0.2, 0.25) is 5.02 Å². The molecule has 0 saturated heterocycles. The van der Waals surface area contributed by atoms with Crippen molar-refractivity contribution in [1.82, 2.24) is 24.5 Å². The van der Waals surface area contributed by atoms with E-state index in [1.807, 2.05) is 13.8 Å². The number of carbonyl (C=O) groups excluding carboxylic acids is 1. The molecule has 1 amide bonds. The van der Waals surface area contributed by atoms with Gasteiger partial charge in [-0.2, -0.15) is 5.10 Å². The van der Waals surface area contributed by atoms with Crippen LogP contribution in [0.25, 0.3) is 0 Å². The number of amides is 1. The zero-order valence-corrected chi connectivity index (χ0v) is 18.9. The molecule has 4 rings (SSSR count). The number of hydrogen-bond donors (Lipinski definition) is 1. The van der Waals surface area contributed by atoms with E-state index in [0.29, 0.717) is 22.9 Å². The van der Waals surface area contributed by atoms with Crippen molar-refractivity contribution in [2.45, 2.75) is 26.9 Å². The molecule has 8 nitrogen and oxygen atoms in total. The number of aryl methyl sites for hydroxylation is 1. The van der Waals surface area contributed by atoms with E-state index in [1.165, 1.54) is 23.1 Å². The van der Waals surface area contributed by atoms with Crippen LogP contribution in [0.5, 0.6) is 0 Å². The van der Waals surface area contributed by atoms with Gasteiger partial charge in [-0.15, -0.1) is 5.10 Å². The zero-order chi connectivity index (χ0) is 22.1. The first-order valence-electron chi connectivity index (χ1n) is 9.23. The van der Waals surface area contributed by atoms with E-state index in [9.17, 15) is 9.18 Å². The molecule has 3 heterocycles. The smallest absolute Gasteiger partial charge is 0.293 e. The van der Waals surface area contributed by atoms with Crippen LogP contribution in [-0.4, -0.2) is 30.5 Å². The Morgan fingerprint density at radius 3 is 2.74 bits per heavy atom. The highest BCUT2D eigenvalue weighted by molar-refractivity contribution is 9.10. The summed E-state index contributed by atoms with van der Waals surface area (Å²) < 4.78 is 23.7. The van der Waals surface area contributed by atoms with Gasteiger partial charge in [0.2, 0.25) is 5.95 Å². The molecular weight excluding hydrogens is 491 g/mol. The normalized spacial score (nSPS) is 11.1. The standard InChI is InChI=1S/C20H17BrClFN6O2/c1-11-18(21)12(2)29(26-11)8-13-6-7-17(31-13)19(30)25-20-24-10-28(27-20)9-14-15(22)4-3-5-16(14)23/h3-7,10H,8-9H2,1-2H3,(H,25,27,30). The Bertz CT molecular complexity index is 1240. The molecule has 160 valence electrons. The molecule has 4 aromatic rings. The maximum absolute atomic E-state index is 13.9. The van der Waals surface area contributed by atoms with Crippen LogP contribution in [0.3, 0.4) is 0 Å². The van der Waals surface area contributed by atoms with Crippen LogP contribution < -0.4 is 5.32 Å². The van der Waals surface area contributed by atoms with Gasteiger partial charge in [-0.1, -0.05) is 17.7 Å². The van der Waals surface area contributed by atoms with Gasteiger partial charge in [0.15, 0.2) is 5.76 Å². The van der Waals surface area contributed by atoms with Gasteiger partial charge in [-0.3, -0.25) is 14.8 Å². The predicted molar refractivity (Wildman–Crippen MR) is 116 cm³/mol. The summed E-state index contributed by atoms with van der Waals surface area (Å²) in [6.07, 6.45) is 1.38. The summed E-state index contributed by atoms with van der Waals surface area (Å²) in [4.78, 5) is 16.5. The first-order chi connectivity index (χ1) is 14.8. The third-order valence-electron chi connectivity index (χ3n) is 4.63. The molecule has 0 aliphatic heterocycles. The fourth-order valence-electron chi connectivity index (χ4n) is 3.00. The molecule has 0 atom stereocenters. The highest BCUT2D eigenvalue weighted by Gasteiger charge is 2.16. The maximum atomic E-state index is 13.9. The molecule has 11 heteroatoms. The lowest BCUT2D eigenvalue weighted by Gasteiger charge is -2.05. The molecular formula is C20H17BrClFN6O2. The molecule has 0 radical (unpaired) electrons. The van der Waals surface area contributed by atoms with Crippen molar-refractivity contribution in [3.63, 3.8) is 0 Å². The molecule has 1 N–H and O–H groups in total. The van der Waals surface area contributed by atoms with Gasteiger partial charge in [0.05, 0.1) is 29.0 Å². The Morgan fingerprint density at radius 2 is 2.03 bits per heavy atom. The van der Waals surface area contributed by atoms with E-state index in [0.717, 1.165) is 15.9 Å². The molecule has 0 fully saturated rings. The Balaban J connectivity index is 1.42. The van der Waals surface area contributed by atoms with Gasteiger partial charge < -0.3 is 4.42 Å². The van der Waals surface area contributed by atoms with E-state index in [2.05, 4.69) is 36.4 Å². The van der Waals surface area contributed by atoms with Crippen LogP contribution in [0.15, 0.2) is 45.5 Å². The van der Waals surface area contributed by atoms with E-state index >= 15 is 0 Å². The fourth-order valence-corrected chi connectivity index (χ4v) is 3.50. The minimum absolute atomic E-state index is 0.0675. The van der Waals surface area contributed by atoms with Crippen LogP contribution in [0.4, 0.5) is 10.3 Å². The number of carbonyl (C=O) groups is 1. The summed E-state index contributed by atoms with van der Waals surface area (Å²) in [5.41, 5.74) is 2.13. The van der Waals surface area contributed by atoms with Crippen molar-refractivity contribution < 1.29 is 13.6 Å². The van der Waals surface area contributed by atoms with E-state index in [1.54, 1.807) is 22.9 Å². The SMILES string of the molecule is Cc1nn(Cc2ccc(C(=O)Nc3ncn(Cc4c(F)cccc4Cl)n3)o2)c(C)c1Br. The first kappa shape index (κ1) is 21.3. The first-order valence-corrected chi connectivity index (χ1v) is 10.4. The number of anilines is 1. The van der Waals surface area contributed by atoms with Gasteiger partial charge >= 0.3 is 0 Å². The lowest BCUT2D eigenvalue weighted by Crippen LogP contribution is -2.13. The average Bonchev–Trinajstić information content (AvgIpc) is 3.43. The van der Waals surface area contributed by atoms with Crippen LogP contribution in [-0.2, 0) is 13.1 Å². The zero-order valence-electron chi connectivity index (χ0n) is 16.6. The van der Waals surface area contributed by atoms with Gasteiger partial charge in [0, 0.05) is 10.6 Å². The second-order valence-corrected chi connectivity index (χ2v) is 8.03. The van der Waals surface area contributed by atoms with Crippen molar-refractivity contribution in [2.24, 2.45) is 0 Å². The van der Waals surface area contributed by atoms with Gasteiger partial charge in [0.25, 0.3) is 5.91 Å². The van der Waals surface area contributed by atoms with Gasteiger partial charge in [-0.25, -0.2) is 14.1 Å². The highest BCUT2D eigenvalue weighted by atomic mass is 79.9. The molecule has 0 bridgehead atoms. The maximum Gasteiger partial charge on any atom is 0.293 e. The van der Waals surface area contributed by atoms with Crippen LogP contribution in [0, 0.1) is 19.7 Å². The number of halogens is 3. The van der Waals surface area contributed by atoms with E-state index in [-0.39, 0.29) is 18.3 Å². The molecule has 3 aromatic heterocycles. The average molecular weight is 508 g/mol. The predicted octanol–water partition coefficient (Wildman–Crippen LogP) is 4.59. The van der Waals surface area contributed by atoms with Crippen LogP contribution >= 0.6 is 27.5 Å². The molecule has 0 unspecified atom stereocenters. The number of nitrogens with zero attached hydrogens (tertiary/aromatic N) is 5. The topological polar surface area (TPSA) is 90.8 Å². The Labute approximate surface area is 190 Å². The Hall–Kier alpha value is -2.98. The summed E-state index contributed by atoms with van der Waals surface area (Å²) in [6.45, 7) is 4.32. The third kappa shape index (κ3) is 4.54. The van der Waals surface area contributed by atoms with Crippen molar-refractivity contribution in [1.29, 1.82) is 0 Å². The van der Waals surface area contributed by atoms with Crippen molar-refractivity contribution in [3.8, 4) is 0 Å². The van der Waals surface area contributed by atoms with E-state index < -0.39 is 11.7 Å². The van der Waals surface area contributed by atoms with Crippen molar-refractivity contribution in [3.05, 3.63) is 80.4 Å². The lowest BCUT2D eigenvalue weighted by atomic mass is 10.2. The lowest BCUT2D eigenvalue weighted by molar-refractivity contribution is 0.0993. The fraction of sp³-hybridized carbons (Fsp3) is 0.200. The largest absolute Gasteiger partial charge is 0.454 e. The van der Waals surface area contributed by atoms with E-state index in [4.69, 9.17) is 16.0 Å². The number of furan rings is 1. The molecule has 1 aromatic carbocycles. The van der Waals surface area contributed by atoms with Crippen molar-refractivity contribution >= 4 is 39.4 Å². The molecule has 31 heavy (non-hydrogen) atoms. The van der Waals surface area contributed by atoms with Crippen LogP contribution in [0.1, 0.15) is 33.3 Å². The second-order valence-electron chi connectivity index (χ2n) is 6.83. The minimum Gasteiger partial charge on any atom is -0.454 e. The molecule has 0 aliphatic carbocycles. The molecule has 0 saturated carbocycles. The summed E-state index contributed by atoms with van der Waals surface area (Å²) in [5, 5.41) is 11.4. The third-order valence-corrected chi connectivity index (χ3v) is 6.13. The number of hydrogen-bond acceptors (Lipinski definition) is 5. The Morgan fingerprint density at radius 1 is 1.23 bits per heavy atom. The minimum atomic E-state index is -0.498. The Kier molecular flexibility index (Phi) is 5.92. The van der Waals surface area contributed by atoms with Crippen molar-refractivity contribution in [2.75, 3.05) is 5.32 Å². The quantitative estimate of drug-likeness (QED) is 0.412. The molecule has 0 spiro atoms. The highest BCUT2D eigenvalue weighted by Crippen LogP contribution is 2.22. The number of nitrogens with one attached hydrogen (secondary N) is 1. The number of rotatable bonds is 6. The second kappa shape index (κ2) is 8.64. The van der Waals surface area contributed by atoms with Gasteiger partial charge in [-0.05, 0) is 54.0 Å². The monoisotopic (exact) mass is 506 g/mol. The molecule has 0 aliphatic rings. The summed E-state index contributed by atoms with van der Waals surface area (Å²) in [5.74, 6) is -0.174. The summed E-state index contributed by atoms with van der Waals surface area (Å²) >= 11 is 9.53. The summed E-state index contributed by atoms with van der Waals surface area (Å²) in [7, 11) is 0. The van der Waals surface area contributed by atoms with Gasteiger partial charge in [0.1, 0.15) is 17.9 Å². The summed E-state index contributed by atoms with van der Waals surface area (Å²) in [6, 6.07) is 7.73. The number of benzene rings is 1.